The Morgan fingerprint density at radius 3 is 2.49 bits per heavy atom. The van der Waals surface area contributed by atoms with Gasteiger partial charge in [-0.25, -0.2) is 8.42 Å². The Kier molecular flexibility index (Phi) is 9.90. The summed E-state index contributed by atoms with van der Waals surface area (Å²) in [6.07, 6.45) is 3.39. The van der Waals surface area contributed by atoms with Crippen LogP contribution in [0.25, 0.3) is 11.4 Å². The highest BCUT2D eigenvalue weighted by atomic mass is 35.5. The highest BCUT2D eigenvalue weighted by Crippen LogP contribution is 2.27. The molecule has 0 bridgehead atoms. The van der Waals surface area contributed by atoms with Crippen LogP contribution in [0.3, 0.4) is 0 Å². The third-order valence-corrected chi connectivity index (χ3v) is 8.48. The van der Waals surface area contributed by atoms with Gasteiger partial charge in [-0.3, -0.25) is 9.71 Å². The zero-order chi connectivity index (χ0) is 30.2. The minimum Gasteiger partial charge on any atom is -0.484 e. The SMILES string of the molecule is O=S(=O)(Nc1ccc(CCNCC(O)c2cccnc2)cc1)c1ccc(-c2noc(COc3ccc(Cl)c(Cl)c3)n2)cc1. The number of anilines is 1. The van der Waals surface area contributed by atoms with E-state index in [4.69, 9.17) is 32.5 Å². The number of aliphatic hydroxyl groups is 1. The van der Waals surface area contributed by atoms with Crippen LogP contribution in [-0.2, 0) is 23.1 Å². The number of aromatic nitrogens is 3. The number of benzene rings is 3. The van der Waals surface area contributed by atoms with Gasteiger partial charge in [0.15, 0.2) is 6.61 Å². The van der Waals surface area contributed by atoms with E-state index in [2.05, 4.69) is 25.2 Å². The summed E-state index contributed by atoms with van der Waals surface area (Å²) in [5.41, 5.74) is 2.80. The molecule has 0 saturated heterocycles. The maximum Gasteiger partial charge on any atom is 0.264 e. The van der Waals surface area contributed by atoms with Crippen LogP contribution in [0.15, 0.2) is 101 Å². The number of rotatable bonds is 13. The molecule has 3 N–H and O–H groups in total. The van der Waals surface area contributed by atoms with Crippen LogP contribution in [0.1, 0.15) is 23.1 Å². The van der Waals surface area contributed by atoms with Gasteiger partial charge in [0.05, 0.1) is 21.0 Å². The summed E-state index contributed by atoms with van der Waals surface area (Å²) >= 11 is 11.9. The molecule has 3 aromatic carbocycles. The van der Waals surface area contributed by atoms with E-state index in [0.717, 1.165) is 11.1 Å². The third kappa shape index (κ3) is 8.31. The van der Waals surface area contributed by atoms with Crippen molar-refractivity contribution in [1.29, 1.82) is 0 Å². The van der Waals surface area contributed by atoms with Crippen LogP contribution < -0.4 is 14.8 Å². The van der Waals surface area contributed by atoms with Crippen LogP contribution in [0.2, 0.25) is 10.0 Å². The Balaban J connectivity index is 1.11. The van der Waals surface area contributed by atoms with Crippen molar-refractivity contribution in [2.45, 2.75) is 24.0 Å². The van der Waals surface area contributed by atoms with E-state index in [9.17, 15) is 13.5 Å². The van der Waals surface area contributed by atoms with Crippen LogP contribution in [0.4, 0.5) is 5.69 Å². The molecule has 1 atom stereocenters. The first-order valence-corrected chi connectivity index (χ1v) is 15.4. The Morgan fingerprint density at radius 1 is 0.977 bits per heavy atom. The fourth-order valence-corrected chi connectivity index (χ4v) is 5.39. The topological polar surface area (TPSA) is 139 Å². The maximum absolute atomic E-state index is 13.0. The lowest BCUT2D eigenvalue weighted by Gasteiger charge is -2.12. The Hall–Kier alpha value is -4.00. The summed E-state index contributed by atoms with van der Waals surface area (Å²) in [5, 5.41) is 18.2. The number of hydrogen-bond donors (Lipinski definition) is 3. The molecule has 0 aliphatic rings. The molecule has 5 rings (SSSR count). The van der Waals surface area contributed by atoms with Gasteiger partial charge in [-0.15, -0.1) is 0 Å². The molecular formula is C30H27Cl2N5O5S. The lowest BCUT2D eigenvalue weighted by atomic mass is 10.1. The van der Waals surface area contributed by atoms with Crippen molar-refractivity contribution in [3.05, 3.63) is 118 Å². The van der Waals surface area contributed by atoms with E-state index >= 15 is 0 Å². The Bertz CT molecular complexity index is 1750. The predicted molar refractivity (Wildman–Crippen MR) is 164 cm³/mol. The molecular weight excluding hydrogens is 613 g/mol. The third-order valence-electron chi connectivity index (χ3n) is 6.35. The number of pyridine rings is 1. The second-order valence-corrected chi connectivity index (χ2v) is 12.0. The standard InChI is InChI=1S/C30H27Cl2N5O5S/c31-26-12-9-24(16-27(26)32)41-19-29-35-30(36-42-29)21-5-10-25(11-6-21)43(39,40)37-23-7-3-20(4-8-23)13-15-34-18-28(38)22-2-1-14-33-17-22/h1-12,14,16-17,28,34,37-38H,13,15,18-19H2. The van der Waals surface area contributed by atoms with Crippen molar-refractivity contribution in [3.63, 3.8) is 0 Å². The number of hydrogen-bond acceptors (Lipinski definition) is 9. The van der Waals surface area contributed by atoms with Crippen molar-refractivity contribution >= 4 is 38.9 Å². The van der Waals surface area contributed by atoms with Crippen molar-refractivity contribution < 1.29 is 22.8 Å². The van der Waals surface area contributed by atoms with Gasteiger partial charge in [0.2, 0.25) is 5.82 Å². The fraction of sp³-hybridized carbons (Fsp3) is 0.167. The Labute approximate surface area is 258 Å². The molecule has 10 nitrogen and oxygen atoms in total. The van der Waals surface area contributed by atoms with Gasteiger partial charge in [-0.2, -0.15) is 4.98 Å². The molecule has 222 valence electrons. The average molecular weight is 641 g/mol. The molecule has 5 aromatic rings. The molecule has 0 amide bonds. The quantitative estimate of drug-likeness (QED) is 0.139. The van der Waals surface area contributed by atoms with E-state index in [1.807, 2.05) is 18.2 Å². The second-order valence-electron chi connectivity index (χ2n) is 9.46. The van der Waals surface area contributed by atoms with Gasteiger partial charge in [0.25, 0.3) is 15.9 Å². The summed E-state index contributed by atoms with van der Waals surface area (Å²) in [7, 11) is -3.82. The van der Waals surface area contributed by atoms with Crippen LogP contribution in [-0.4, -0.2) is 41.7 Å². The fourth-order valence-electron chi connectivity index (χ4n) is 4.04. The van der Waals surface area contributed by atoms with Gasteiger partial charge >= 0.3 is 0 Å². The predicted octanol–water partition coefficient (Wildman–Crippen LogP) is 5.68. The molecule has 1 unspecified atom stereocenters. The molecule has 0 aliphatic heterocycles. The van der Waals surface area contributed by atoms with Crippen molar-refractivity contribution in [3.8, 4) is 17.1 Å². The maximum atomic E-state index is 13.0. The van der Waals surface area contributed by atoms with E-state index in [1.165, 1.54) is 12.1 Å². The summed E-state index contributed by atoms with van der Waals surface area (Å²) in [6, 6.07) is 21.8. The number of aliphatic hydroxyl groups excluding tert-OH is 1. The van der Waals surface area contributed by atoms with Gasteiger partial charge in [0.1, 0.15) is 5.75 Å². The first-order valence-electron chi connectivity index (χ1n) is 13.2. The average Bonchev–Trinajstić information content (AvgIpc) is 3.50. The Morgan fingerprint density at radius 2 is 1.77 bits per heavy atom. The molecule has 0 radical (unpaired) electrons. The van der Waals surface area contributed by atoms with E-state index in [-0.39, 0.29) is 17.4 Å². The van der Waals surface area contributed by atoms with Crippen molar-refractivity contribution in [2.24, 2.45) is 0 Å². The number of halogens is 2. The van der Waals surface area contributed by atoms with Gasteiger partial charge in [0, 0.05) is 41.8 Å². The summed E-state index contributed by atoms with van der Waals surface area (Å²) in [4.78, 5) is 8.41. The smallest absolute Gasteiger partial charge is 0.264 e. The number of nitrogens with zero attached hydrogens (tertiary/aromatic N) is 3. The zero-order valence-corrected chi connectivity index (χ0v) is 25.0. The minimum atomic E-state index is -3.82. The first-order chi connectivity index (χ1) is 20.8. The highest BCUT2D eigenvalue weighted by molar-refractivity contribution is 7.92. The van der Waals surface area contributed by atoms with Crippen LogP contribution in [0, 0.1) is 0 Å². The number of sulfonamides is 1. The largest absolute Gasteiger partial charge is 0.484 e. The highest BCUT2D eigenvalue weighted by Gasteiger charge is 2.16. The monoisotopic (exact) mass is 639 g/mol. The molecule has 0 aliphatic carbocycles. The minimum absolute atomic E-state index is 0.0198. The molecule has 2 heterocycles. The van der Waals surface area contributed by atoms with E-state index in [0.29, 0.717) is 52.4 Å². The second kappa shape index (κ2) is 14.0. The van der Waals surface area contributed by atoms with E-state index < -0.39 is 16.1 Å². The molecule has 0 fully saturated rings. The molecule has 43 heavy (non-hydrogen) atoms. The van der Waals surface area contributed by atoms with Crippen molar-refractivity contribution in [2.75, 3.05) is 17.8 Å². The lowest BCUT2D eigenvalue weighted by molar-refractivity contribution is 0.174. The zero-order valence-electron chi connectivity index (χ0n) is 22.7. The molecule has 2 aromatic heterocycles. The van der Waals surface area contributed by atoms with Gasteiger partial charge in [-0.05, 0) is 73.1 Å². The van der Waals surface area contributed by atoms with E-state index in [1.54, 1.807) is 60.9 Å². The number of nitrogens with one attached hydrogen (secondary N) is 2. The lowest BCUT2D eigenvalue weighted by Crippen LogP contribution is -2.23. The van der Waals surface area contributed by atoms with Gasteiger partial charge in [-0.1, -0.05) is 46.6 Å². The molecule has 0 saturated carbocycles. The van der Waals surface area contributed by atoms with Gasteiger partial charge < -0.3 is 19.7 Å². The number of ether oxygens (including phenoxy) is 1. The summed E-state index contributed by atoms with van der Waals surface area (Å²) < 4.78 is 39.4. The first kappa shape index (κ1) is 30.5. The van der Waals surface area contributed by atoms with Crippen LogP contribution in [0.5, 0.6) is 5.75 Å². The molecule has 0 spiro atoms. The molecule has 13 heteroatoms. The van der Waals surface area contributed by atoms with Crippen molar-refractivity contribution in [1.82, 2.24) is 20.4 Å². The summed E-state index contributed by atoms with van der Waals surface area (Å²) in [6.45, 7) is 1.08. The summed E-state index contributed by atoms with van der Waals surface area (Å²) in [5.74, 6) is 1.03. The van der Waals surface area contributed by atoms with Crippen LogP contribution >= 0.6 is 23.2 Å². The normalized spacial score (nSPS) is 12.2.